The molecule has 0 fully saturated rings. The number of anilines is 1. The summed E-state index contributed by atoms with van der Waals surface area (Å²) in [6.45, 7) is 0.672. The maximum Gasteiger partial charge on any atom is 0.227 e. The van der Waals surface area contributed by atoms with Crippen molar-refractivity contribution in [3.05, 3.63) is 65.0 Å². The molecule has 2 aliphatic rings. The second kappa shape index (κ2) is 6.87. The molecular weight excluding hydrogens is 315 g/mol. The number of benzene rings is 2. The summed E-state index contributed by atoms with van der Waals surface area (Å²) >= 11 is 0. The Balaban J connectivity index is 1.29. The van der Waals surface area contributed by atoms with Gasteiger partial charge in [0.2, 0.25) is 5.91 Å². The van der Waals surface area contributed by atoms with Crippen LogP contribution in [0.15, 0.2) is 42.5 Å². The van der Waals surface area contributed by atoms with E-state index in [-0.39, 0.29) is 17.6 Å². The first-order valence-electron chi connectivity index (χ1n) is 9.11. The van der Waals surface area contributed by atoms with E-state index in [1.807, 2.05) is 0 Å². The molecule has 2 N–H and O–H groups in total. The molecule has 0 radical (unpaired) electrons. The minimum Gasteiger partial charge on any atom is -0.382 e. The molecule has 1 aliphatic heterocycles. The molecule has 2 atom stereocenters. The predicted octanol–water partition coefficient (Wildman–Crippen LogP) is 3.79. The molecule has 4 rings (SSSR count). The van der Waals surface area contributed by atoms with Gasteiger partial charge in [-0.1, -0.05) is 24.3 Å². The SMILES string of the molecule is O=C(NCCC1CCc2ccccc2N1)C1CCc2cc(F)ccc21. The third kappa shape index (κ3) is 3.39. The number of amides is 1. The zero-order valence-electron chi connectivity index (χ0n) is 14.2. The molecule has 130 valence electrons. The summed E-state index contributed by atoms with van der Waals surface area (Å²) in [7, 11) is 0. The number of carbonyl (C=O) groups is 1. The third-order valence-electron chi connectivity index (χ3n) is 5.43. The minimum atomic E-state index is -0.219. The molecule has 0 saturated heterocycles. The third-order valence-corrected chi connectivity index (χ3v) is 5.43. The highest BCUT2D eigenvalue weighted by Crippen LogP contribution is 2.33. The zero-order valence-corrected chi connectivity index (χ0v) is 14.2. The molecule has 0 aromatic heterocycles. The number of fused-ring (bicyclic) bond motifs is 2. The van der Waals surface area contributed by atoms with Crippen LogP contribution in [0, 0.1) is 5.82 Å². The topological polar surface area (TPSA) is 41.1 Å². The summed E-state index contributed by atoms with van der Waals surface area (Å²) < 4.78 is 13.3. The maximum atomic E-state index is 13.3. The molecule has 4 heteroatoms. The quantitative estimate of drug-likeness (QED) is 0.890. The number of rotatable bonds is 4. The van der Waals surface area contributed by atoms with E-state index in [1.54, 1.807) is 12.1 Å². The summed E-state index contributed by atoms with van der Waals surface area (Å²) in [6.07, 6.45) is 4.66. The summed E-state index contributed by atoms with van der Waals surface area (Å²) in [4.78, 5) is 12.5. The number of aryl methyl sites for hydroxylation is 2. The van der Waals surface area contributed by atoms with Gasteiger partial charge >= 0.3 is 0 Å². The van der Waals surface area contributed by atoms with Gasteiger partial charge in [0.25, 0.3) is 0 Å². The van der Waals surface area contributed by atoms with Crippen LogP contribution in [0.4, 0.5) is 10.1 Å². The van der Waals surface area contributed by atoms with Crippen LogP contribution in [0.2, 0.25) is 0 Å². The molecule has 0 spiro atoms. The van der Waals surface area contributed by atoms with Gasteiger partial charge in [-0.15, -0.1) is 0 Å². The fraction of sp³-hybridized carbons (Fsp3) is 0.381. The molecule has 3 nitrogen and oxygen atoms in total. The van der Waals surface area contributed by atoms with Crippen LogP contribution < -0.4 is 10.6 Å². The second-order valence-electron chi connectivity index (χ2n) is 7.05. The van der Waals surface area contributed by atoms with Crippen LogP contribution in [0.25, 0.3) is 0 Å². The highest BCUT2D eigenvalue weighted by molar-refractivity contribution is 5.84. The Kier molecular flexibility index (Phi) is 4.43. The monoisotopic (exact) mass is 338 g/mol. The average Bonchev–Trinajstić information content (AvgIpc) is 3.04. The van der Waals surface area contributed by atoms with Crippen molar-refractivity contribution in [1.82, 2.24) is 5.32 Å². The van der Waals surface area contributed by atoms with Gasteiger partial charge < -0.3 is 10.6 Å². The molecule has 0 bridgehead atoms. The lowest BCUT2D eigenvalue weighted by molar-refractivity contribution is -0.122. The minimum absolute atomic E-state index is 0.0709. The number of para-hydroxylation sites is 1. The van der Waals surface area contributed by atoms with Crippen molar-refractivity contribution in [2.45, 2.75) is 44.1 Å². The Bertz CT molecular complexity index is 789. The normalized spacial score (nSPS) is 21.2. The highest BCUT2D eigenvalue weighted by atomic mass is 19.1. The predicted molar refractivity (Wildman–Crippen MR) is 97.3 cm³/mol. The Hall–Kier alpha value is -2.36. The average molecular weight is 338 g/mol. The smallest absolute Gasteiger partial charge is 0.227 e. The van der Waals surface area contributed by atoms with Crippen molar-refractivity contribution >= 4 is 11.6 Å². The second-order valence-corrected chi connectivity index (χ2v) is 7.05. The van der Waals surface area contributed by atoms with E-state index in [9.17, 15) is 9.18 Å². The van der Waals surface area contributed by atoms with Gasteiger partial charge in [-0.2, -0.15) is 0 Å². The van der Waals surface area contributed by atoms with Crippen LogP contribution in [-0.2, 0) is 17.6 Å². The molecule has 2 aromatic carbocycles. The zero-order chi connectivity index (χ0) is 17.2. The first kappa shape index (κ1) is 16.1. The van der Waals surface area contributed by atoms with E-state index in [1.165, 1.54) is 17.3 Å². The van der Waals surface area contributed by atoms with Crippen LogP contribution >= 0.6 is 0 Å². The van der Waals surface area contributed by atoms with Crippen LogP contribution in [-0.4, -0.2) is 18.5 Å². The van der Waals surface area contributed by atoms with Crippen LogP contribution in [0.1, 0.15) is 41.9 Å². The van der Waals surface area contributed by atoms with Crippen LogP contribution in [0.5, 0.6) is 0 Å². The summed E-state index contributed by atoms with van der Waals surface area (Å²) in [5.74, 6) is -0.277. The summed E-state index contributed by atoms with van der Waals surface area (Å²) in [5.41, 5.74) is 4.56. The molecule has 0 saturated carbocycles. The molecule has 25 heavy (non-hydrogen) atoms. The van der Waals surface area contributed by atoms with Gasteiger partial charge in [0.1, 0.15) is 5.82 Å². The fourth-order valence-corrected chi connectivity index (χ4v) is 4.07. The van der Waals surface area contributed by atoms with Crippen molar-refractivity contribution in [2.75, 3.05) is 11.9 Å². The number of hydrogen-bond donors (Lipinski definition) is 2. The van der Waals surface area contributed by atoms with Gasteiger partial charge in [-0.25, -0.2) is 4.39 Å². The van der Waals surface area contributed by atoms with Crippen LogP contribution in [0.3, 0.4) is 0 Å². The first-order valence-corrected chi connectivity index (χ1v) is 9.11. The van der Waals surface area contributed by atoms with E-state index in [2.05, 4.69) is 34.9 Å². The Morgan fingerprint density at radius 3 is 2.88 bits per heavy atom. The molecule has 1 heterocycles. The molecular formula is C21H23FN2O. The largest absolute Gasteiger partial charge is 0.382 e. The van der Waals surface area contributed by atoms with Crippen molar-refractivity contribution in [1.29, 1.82) is 0 Å². The van der Waals surface area contributed by atoms with Gasteiger partial charge in [0, 0.05) is 18.3 Å². The highest BCUT2D eigenvalue weighted by Gasteiger charge is 2.28. The van der Waals surface area contributed by atoms with Gasteiger partial charge in [-0.3, -0.25) is 4.79 Å². The molecule has 2 unspecified atom stereocenters. The van der Waals surface area contributed by atoms with Crippen molar-refractivity contribution in [3.8, 4) is 0 Å². The van der Waals surface area contributed by atoms with Gasteiger partial charge in [0.05, 0.1) is 5.92 Å². The van der Waals surface area contributed by atoms with E-state index < -0.39 is 0 Å². The standard InChI is InChI=1S/C21H23FN2O/c22-16-7-10-18-15(13-16)6-9-19(18)21(25)23-12-11-17-8-5-14-3-1-2-4-20(14)24-17/h1-4,7,10,13,17,19,24H,5-6,8-9,11-12H2,(H,23,25). The number of nitrogens with one attached hydrogen (secondary N) is 2. The van der Waals surface area contributed by atoms with Crippen molar-refractivity contribution in [3.63, 3.8) is 0 Å². The molecule has 1 amide bonds. The number of hydrogen-bond acceptors (Lipinski definition) is 2. The summed E-state index contributed by atoms with van der Waals surface area (Å²) in [5, 5.41) is 6.65. The van der Waals surface area contributed by atoms with Gasteiger partial charge in [0.15, 0.2) is 0 Å². The summed E-state index contributed by atoms with van der Waals surface area (Å²) in [6, 6.07) is 13.6. The van der Waals surface area contributed by atoms with E-state index >= 15 is 0 Å². The molecule has 1 aliphatic carbocycles. The fourth-order valence-electron chi connectivity index (χ4n) is 4.07. The molecule has 2 aromatic rings. The lowest BCUT2D eigenvalue weighted by Gasteiger charge is -2.27. The number of carbonyl (C=O) groups excluding carboxylic acids is 1. The lowest BCUT2D eigenvalue weighted by Crippen LogP contribution is -2.34. The van der Waals surface area contributed by atoms with E-state index in [0.29, 0.717) is 12.6 Å². The van der Waals surface area contributed by atoms with E-state index in [0.717, 1.165) is 43.2 Å². The van der Waals surface area contributed by atoms with E-state index in [4.69, 9.17) is 0 Å². The first-order chi connectivity index (χ1) is 12.2. The van der Waals surface area contributed by atoms with Gasteiger partial charge in [-0.05, 0) is 67.0 Å². The van der Waals surface area contributed by atoms with Crippen molar-refractivity contribution in [2.24, 2.45) is 0 Å². The Morgan fingerprint density at radius 2 is 1.96 bits per heavy atom. The number of halogens is 1. The Morgan fingerprint density at radius 1 is 1.12 bits per heavy atom. The van der Waals surface area contributed by atoms with Crippen molar-refractivity contribution < 1.29 is 9.18 Å². The lowest BCUT2D eigenvalue weighted by atomic mass is 9.96. The maximum absolute atomic E-state index is 13.3. The Labute approximate surface area is 147 Å².